The van der Waals surface area contributed by atoms with Gasteiger partial charge in [-0.05, 0) is 0 Å². The molecular weight excluding hydrogens is 233 g/mol. The molecule has 4 heteroatoms. The van der Waals surface area contributed by atoms with E-state index in [9.17, 15) is 4.79 Å². The van der Waals surface area contributed by atoms with Gasteiger partial charge < -0.3 is 9.64 Å². The van der Waals surface area contributed by atoms with Crippen molar-refractivity contribution in [3.8, 4) is 0 Å². The highest BCUT2D eigenvalue weighted by Crippen LogP contribution is 2.10. The van der Waals surface area contributed by atoms with Crippen LogP contribution in [0.15, 0.2) is 0 Å². The molecule has 1 aliphatic rings. The van der Waals surface area contributed by atoms with Crippen LogP contribution in [0.3, 0.4) is 0 Å². The van der Waals surface area contributed by atoms with Crippen LogP contribution in [-0.2, 0) is 4.74 Å². The molecule has 0 radical (unpaired) electrons. The minimum absolute atomic E-state index is 0.198. The minimum Gasteiger partial charge on any atom is -0.447 e. The Balaban J connectivity index is 2.51. The quantitative estimate of drug-likeness (QED) is 0.503. The molecule has 52 valence electrons. The summed E-state index contributed by atoms with van der Waals surface area (Å²) in [5, 5.41) is 0. The van der Waals surface area contributed by atoms with Gasteiger partial charge in [0, 0.05) is 11.5 Å². The lowest BCUT2D eigenvalue weighted by molar-refractivity contribution is 0.163. The highest BCUT2D eigenvalue weighted by atomic mass is 127. The van der Waals surface area contributed by atoms with Crippen LogP contribution in [-0.4, -0.2) is 35.1 Å². The van der Waals surface area contributed by atoms with E-state index in [2.05, 4.69) is 22.6 Å². The number of carbonyl (C=O) groups is 1. The van der Waals surface area contributed by atoms with Crippen molar-refractivity contribution in [1.29, 1.82) is 0 Å². The molecule has 1 atom stereocenters. The third-order valence-corrected chi connectivity index (χ3v) is 2.43. The van der Waals surface area contributed by atoms with Crippen molar-refractivity contribution in [2.24, 2.45) is 0 Å². The van der Waals surface area contributed by atoms with Gasteiger partial charge >= 0.3 is 6.09 Å². The molecule has 1 aliphatic heterocycles. The number of cyclic esters (lactones) is 1. The third-order valence-electron chi connectivity index (χ3n) is 1.41. The van der Waals surface area contributed by atoms with E-state index >= 15 is 0 Å². The molecule has 0 aromatic heterocycles. The van der Waals surface area contributed by atoms with Crippen molar-refractivity contribution in [3.63, 3.8) is 0 Å². The van der Waals surface area contributed by atoms with Crippen molar-refractivity contribution in [3.05, 3.63) is 0 Å². The summed E-state index contributed by atoms with van der Waals surface area (Å²) < 4.78 is 5.70. The first-order chi connectivity index (χ1) is 4.25. The maximum absolute atomic E-state index is 10.6. The number of hydrogen-bond acceptors (Lipinski definition) is 2. The molecule has 9 heavy (non-hydrogen) atoms. The maximum Gasteiger partial charge on any atom is 0.409 e. The van der Waals surface area contributed by atoms with Crippen LogP contribution < -0.4 is 0 Å². The van der Waals surface area contributed by atoms with Crippen LogP contribution >= 0.6 is 22.6 Å². The van der Waals surface area contributed by atoms with E-state index < -0.39 is 0 Å². The molecule has 1 rings (SSSR count). The molecule has 3 nitrogen and oxygen atoms in total. The first-order valence-electron chi connectivity index (χ1n) is 2.71. The van der Waals surface area contributed by atoms with Crippen molar-refractivity contribution >= 4 is 28.7 Å². The Morgan fingerprint density at radius 2 is 2.67 bits per heavy atom. The Labute approximate surface area is 67.5 Å². The average Bonchev–Trinajstić information content (AvgIpc) is 2.15. The number of carbonyl (C=O) groups excluding carboxylic acids is 1. The van der Waals surface area contributed by atoms with Gasteiger partial charge in [-0.3, -0.25) is 0 Å². The predicted octanol–water partition coefficient (Wildman–Crippen LogP) is 0.872. The van der Waals surface area contributed by atoms with Crippen LogP contribution in [0.5, 0.6) is 0 Å². The zero-order valence-corrected chi connectivity index (χ0v) is 7.29. The molecule has 1 amide bonds. The van der Waals surface area contributed by atoms with Gasteiger partial charge in [-0.25, -0.2) is 4.79 Å². The summed E-state index contributed by atoms with van der Waals surface area (Å²) in [7, 11) is 1.76. The normalized spacial score (nSPS) is 26.7. The topological polar surface area (TPSA) is 29.5 Å². The number of nitrogens with zero attached hydrogens (tertiary/aromatic N) is 1. The number of amides is 1. The number of ether oxygens (including phenoxy) is 1. The fraction of sp³-hybridized carbons (Fsp3) is 0.800. The van der Waals surface area contributed by atoms with Gasteiger partial charge in [0.05, 0.1) is 6.04 Å². The molecule has 0 unspecified atom stereocenters. The van der Waals surface area contributed by atoms with E-state index in [-0.39, 0.29) is 12.1 Å². The van der Waals surface area contributed by atoms with Crippen molar-refractivity contribution in [2.75, 3.05) is 18.1 Å². The minimum atomic E-state index is -0.198. The summed E-state index contributed by atoms with van der Waals surface area (Å²) in [6.07, 6.45) is -0.198. The van der Waals surface area contributed by atoms with Gasteiger partial charge in [0.15, 0.2) is 0 Å². The number of rotatable bonds is 1. The van der Waals surface area contributed by atoms with E-state index in [1.54, 1.807) is 11.9 Å². The van der Waals surface area contributed by atoms with Crippen molar-refractivity contribution in [2.45, 2.75) is 6.04 Å². The van der Waals surface area contributed by atoms with Gasteiger partial charge in [-0.15, -0.1) is 0 Å². The number of hydrogen-bond donors (Lipinski definition) is 0. The third kappa shape index (κ3) is 1.28. The zero-order chi connectivity index (χ0) is 6.85. The van der Waals surface area contributed by atoms with Gasteiger partial charge in [0.2, 0.25) is 0 Å². The Hall–Kier alpha value is 0. The molecule has 1 heterocycles. The van der Waals surface area contributed by atoms with Crippen LogP contribution in [0.25, 0.3) is 0 Å². The smallest absolute Gasteiger partial charge is 0.409 e. The van der Waals surface area contributed by atoms with E-state index in [4.69, 9.17) is 4.74 Å². The second-order valence-electron chi connectivity index (χ2n) is 2.00. The first-order valence-corrected chi connectivity index (χ1v) is 4.24. The molecule has 0 bridgehead atoms. The predicted molar refractivity (Wildman–Crippen MR) is 41.8 cm³/mol. The summed E-state index contributed by atoms with van der Waals surface area (Å²) in [5.41, 5.74) is 0. The zero-order valence-electron chi connectivity index (χ0n) is 5.13. The van der Waals surface area contributed by atoms with Gasteiger partial charge in [-0.2, -0.15) is 0 Å². The highest BCUT2D eigenvalue weighted by molar-refractivity contribution is 14.1. The molecule has 1 fully saturated rings. The second kappa shape index (κ2) is 2.72. The number of likely N-dealkylation sites (N-methyl/N-ethyl adjacent to an activating group) is 1. The summed E-state index contributed by atoms with van der Waals surface area (Å²) in [4.78, 5) is 12.3. The second-order valence-corrected chi connectivity index (χ2v) is 2.88. The molecule has 0 aromatic rings. The van der Waals surface area contributed by atoms with E-state index in [0.29, 0.717) is 6.61 Å². The Kier molecular flexibility index (Phi) is 2.15. The fourth-order valence-corrected chi connectivity index (χ4v) is 1.52. The fourth-order valence-electron chi connectivity index (χ4n) is 0.678. The average molecular weight is 241 g/mol. The summed E-state index contributed by atoms with van der Waals surface area (Å²) in [6, 6.07) is 0.290. The standard InChI is InChI=1S/C5H8INO2/c1-7-4(2-6)3-9-5(7)8/h4H,2-3H2,1H3/t4-/m1/s1. The van der Waals surface area contributed by atoms with E-state index in [1.165, 1.54) is 0 Å². The molecule has 0 aliphatic carbocycles. The Morgan fingerprint density at radius 3 is 2.89 bits per heavy atom. The van der Waals surface area contributed by atoms with E-state index in [0.717, 1.165) is 4.43 Å². The van der Waals surface area contributed by atoms with Gasteiger partial charge in [0.1, 0.15) is 6.61 Å². The highest BCUT2D eigenvalue weighted by Gasteiger charge is 2.27. The molecular formula is C5H8INO2. The molecule has 0 spiro atoms. The maximum atomic E-state index is 10.6. The largest absolute Gasteiger partial charge is 0.447 e. The lowest BCUT2D eigenvalue weighted by atomic mass is 10.4. The Bertz CT molecular complexity index is 128. The lowest BCUT2D eigenvalue weighted by Gasteiger charge is -2.11. The van der Waals surface area contributed by atoms with Crippen molar-refractivity contribution in [1.82, 2.24) is 4.90 Å². The monoisotopic (exact) mass is 241 g/mol. The van der Waals surface area contributed by atoms with Crippen molar-refractivity contribution < 1.29 is 9.53 Å². The molecule has 1 saturated heterocycles. The first kappa shape index (κ1) is 7.11. The van der Waals surface area contributed by atoms with Gasteiger partial charge in [-0.1, -0.05) is 22.6 Å². The number of halogens is 1. The number of alkyl halides is 1. The van der Waals surface area contributed by atoms with Crippen LogP contribution in [0.1, 0.15) is 0 Å². The van der Waals surface area contributed by atoms with E-state index in [1.807, 2.05) is 0 Å². The lowest BCUT2D eigenvalue weighted by Crippen LogP contribution is -2.30. The summed E-state index contributed by atoms with van der Waals surface area (Å²) >= 11 is 2.24. The molecule has 0 saturated carbocycles. The summed E-state index contributed by atoms with van der Waals surface area (Å²) in [6.45, 7) is 0.554. The summed E-state index contributed by atoms with van der Waals surface area (Å²) in [5.74, 6) is 0. The van der Waals surface area contributed by atoms with Crippen LogP contribution in [0.4, 0.5) is 4.79 Å². The van der Waals surface area contributed by atoms with Crippen LogP contribution in [0, 0.1) is 0 Å². The molecule has 0 N–H and O–H groups in total. The Morgan fingerprint density at radius 1 is 2.00 bits per heavy atom. The molecule has 0 aromatic carbocycles. The van der Waals surface area contributed by atoms with Crippen LogP contribution in [0.2, 0.25) is 0 Å². The SMILES string of the molecule is CN1C(=O)OC[C@H]1CI. The van der Waals surface area contributed by atoms with Gasteiger partial charge in [0.25, 0.3) is 0 Å².